The number of nitrogens with one attached hydrogen (secondary N) is 1. The van der Waals surface area contributed by atoms with Gasteiger partial charge in [-0.15, -0.1) is 0 Å². The SMILES string of the molecule is COc1ccc([C@H]2CC(c3ccc(C)cc3)=NN2C2=NC(=O)[C@@H](CC(=O)Nc3cccc(Cl)c3)S2)cc1. The van der Waals surface area contributed by atoms with Gasteiger partial charge in [0.2, 0.25) is 5.91 Å². The van der Waals surface area contributed by atoms with Crippen LogP contribution in [0.2, 0.25) is 5.02 Å². The Morgan fingerprint density at radius 1 is 1.14 bits per heavy atom. The Hall–Kier alpha value is -3.62. The fourth-order valence-corrected chi connectivity index (χ4v) is 5.50. The van der Waals surface area contributed by atoms with E-state index in [1.165, 1.54) is 17.3 Å². The number of amides is 2. The summed E-state index contributed by atoms with van der Waals surface area (Å²) in [5, 5.41) is 9.91. The van der Waals surface area contributed by atoms with Crippen LogP contribution in [-0.4, -0.2) is 40.1 Å². The van der Waals surface area contributed by atoms with Crippen LogP contribution in [0, 0.1) is 6.92 Å². The van der Waals surface area contributed by atoms with Crippen LogP contribution >= 0.6 is 23.4 Å². The number of hydrazone groups is 1. The number of methoxy groups -OCH3 is 1. The average molecular weight is 533 g/mol. The highest BCUT2D eigenvalue weighted by Crippen LogP contribution is 2.39. The lowest BCUT2D eigenvalue weighted by Crippen LogP contribution is -2.25. The van der Waals surface area contributed by atoms with Crippen LogP contribution in [0.5, 0.6) is 5.75 Å². The number of aryl methyl sites for hydroxylation is 1. The molecular weight excluding hydrogens is 508 g/mol. The molecule has 0 aliphatic carbocycles. The first-order valence-corrected chi connectivity index (χ1v) is 13.1. The summed E-state index contributed by atoms with van der Waals surface area (Å²) < 4.78 is 5.31. The van der Waals surface area contributed by atoms with Gasteiger partial charge in [0, 0.05) is 23.6 Å². The molecule has 2 atom stereocenters. The van der Waals surface area contributed by atoms with Crippen LogP contribution in [0.3, 0.4) is 0 Å². The molecule has 2 aliphatic rings. The molecule has 0 fully saturated rings. The minimum atomic E-state index is -0.621. The molecule has 2 amide bonds. The zero-order valence-corrected chi connectivity index (χ0v) is 21.9. The van der Waals surface area contributed by atoms with Crippen molar-refractivity contribution in [2.75, 3.05) is 12.4 Å². The van der Waals surface area contributed by atoms with Gasteiger partial charge in [0.1, 0.15) is 11.0 Å². The molecule has 0 unspecified atom stereocenters. The van der Waals surface area contributed by atoms with E-state index in [4.69, 9.17) is 21.4 Å². The molecule has 5 rings (SSSR count). The summed E-state index contributed by atoms with van der Waals surface area (Å²) in [6, 6.07) is 22.8. The minimum Gasteiger partial charge on any atom is -0.497 e. The average Bonchev–Trinajstić information content (AvgIpc) is 3.48. The van der Waals surface area contributed by atoms with Crippen LogP contribution in [0.4, 0.5) is 5.69 Å². The second kappa shape index (κ2) is 10.8. The van der Waals surface area contributed by atoms with Gasteiger partial charge < -0.3 is 10.1 Å². The highest BCUT2D eigenvalue weighted by molar-refractivity contribution is 8.15. The van der Waals surface area contributed by atoms with E-state index in [0.29, 0.717) is 22.3 Å². The van der Waals surface area contributed by atoms with Gasteiger partial charge in [0.05, 0.1) is 18.9 Å². The number of carbonyl (C=O) groups is 2. The first-order chi connectivity index (χ1) is 17.9. The molecule has 0 radical (unpaired) electrons. The molecule has 7 nitrogen and oxygen atoms in total. The van der Waals surface area contributed by atoms with E-state index in [0.717, 1.165) is 22.6 Å². The van der Waals surface area contributed by atoms with E-state index in [9.17, 15) is 9.59 Å². The van der Waals surface area contributed by atoms with Gasteiger partial charge in [0.15, 0.2) is 5.17 Å². The number of amidine groups is 1. The Morgan fingerprint density at radius 2 is 1.89 bits per heavy atom. The summed E-state index contributed by atoms with van der Waals surface area (Å²) in [5.74, 6) is 0.150. The topological polar surface area (TPSA) is 83.4 Å². The van der Waals surface area contributed by atoms with Crippen LogP contribution in [0.1, 0.15) is 35.6 Å². The zero-order valence-electron chi connectivity index (χ0n) is 20.3. The molecule has 37 heavy (non-hydrogen) atoms. The zero-order chi connectivity index (χ0) is 25.9. The number of nitrogens with zero attached hydrogens (tertiary/aromatic N) is 3. The number of rotatable bonds is 6. The van der Waals surface area contributed by atoms with E-state index < -0.39 is 5.25 Å². The third-order valence-electron chi connectivity index (χ3n) is 6.20. The van der Waals surface area contributed by atoms with Crippen molar-refractivity contribution in [2.45, 2.75) is 31.1 Å². The van der Waals surface area contributed by atoms with Crippen molar-refractivity contribution >= 4 is 51.7 Å². The normalized spacial score (nSPS) is 19.0. The number of carbonyl (C=O) groups excluding carboxylic acids is 2. The van der Waals surface area contributed by atoms with E-state index in [-0.39, 0.29) is 24.3 Å². The fourth-order valence-electron chi connectivity index (χ4n) is 4.24. The van der Waals surface area contributed by atoms with Crippen LogP contribution in [0.15, 0.2) is 82.9 Å². The second-order valence-corrected chi connectivity index (χ2v) is 10.5. The highest BCUT2D eigenvalue weighted by atomic mass is 35.5. The van der Waals surface area contributed by atoms with Crippen LogP contribution < -0.4 is 10.1 Å². The van der Waals surface area contributed by atoms with Gasteiger partial charge in [-0.3, -0.25) is 9.59 Å². The van der Waals surface area contributed by atoms with Crippen LogP contribution in [-0.2, 0) is 9.59 Å². The first-order valence-electron chi connectivity index (χ1n) is 11.8. The first kappa shape index (κ1) is 25.0. The third-order valence-corrected chi connectivity index (χ3v) is 7.58. The molecular formula is C28H25ClN4O3S. The Bertz CT molecular complexity index is 1390. The Morgan fingerprint density at radius 3 is 2.59 bits per heavy atom. The molecule has 9 heteroatoms. The molecule has 3 aromatic rings. The van der Waals surface area contributed by atoms with Crippen molar-refractivity contribution < 1.29 is 14.3 Å². The van der Waals surface area contributed by atoms with Crippen molar-refractivity contribution in [3.05, 3.63) is 94.5 Å². The molecule has 0 bridgehead atoms. The Balaban J connectivity index is 1.35. The minimum absolute atomic E-state index is 0.00140. The third kappa shape index (κ3) is 5.70. The van der Waals surface area contributed by atoms with E-state index in [1.807, 2.05) is 36.2 Å². The summed E-state index contributed by atoms with van der Waals surface area (Å²) in [4.78, 5) is 29.7. The molecule has 188 valence electrons. The Labute approximate surface area is 224 Å². The van der Waals surface area contributed by atoms with E-state index in [2.05, 4.69) is 34.6 Å². The predicted molar refractivity (Wildman–Crippen MR) is 148 cm³/mol. The number of anilines is 1. The van der Waals surface area contributed by atoms with Gasteiger partial charge in [-0.25, -0.2) is 5.01 Å². The van der Waals surface area contributed by atoms with Gasteiger partial charge in [-0.2, -0.15) is 10.1 Å². The van der Waals surface area contributed by atoms with Crippen molar-refractivity contribution in [1.29, 1.82) is 0 Å². The number of thioether (sulfide) groups is 1. The number of ether oxygens (including phenoxy) is 1. The quantitative estimate of drug-likeness (QED) is 0.431. The smallest absolute Gasteiger partial charge is 0.262 e. The molecule has 0 aromatic heterocycles. The number of hydrogen-bond donors (Lipinski definition) is 1. The van der Waals surface area contributed by atoms with Crippen molar-refractivity contribution in [1.82, 2.24) is 5.01 Å². The largest absolute Gasteiger partial charge is 0.497 e. The monoisotopic (exact) mass is 532 g/mol. The van der Waals surface area contributed by atoms with Crippen molar-refractivity contribution in [3.8, 4) is 5.75 Å². The summed E-state index contributed by atoms with van der Waals surface area (Å²) >= 11 is 7.28. The molecule has 1 N–H and O–H groups in total. The molecule has 2 aliphatic heterocycles. The number of benzene rings is 3. The van der Waals surface area contributed by atoms with Gasteiger partial charge >= 0.3 is 0 Å². The lowest BCUT2D eigenvalue weighted by molar-refractivity contribution is -0.121. The lowest BCUT2D eigenvalue weighted by Gasteiger charge is -2.23. The number of halogens is 1. The molecule has 3 aromatic carbocycles. The van der Waals surface area contributed by atoms with Crippen molar-refractivity contribution in [3.63, 3.8) is 0 Å². The molecule has 0 saturated heterocycles. The highest BCUT2D eigenvalue weighted by Gasteiger charge is 2.39. The van der Waals surface area contributed by atoms with Gasteiger partial charge in [-0.05, 0) is 48.4 Å². The molecule has 0 spiro atoms. The van der Waals surface area contributed by atoms with Crippen LogP contribution in [0.25, 0.3) is 0 Å². The fraction of sp³-hybridized carbons (Fsp3) is 0.214. The molecule has 0 saturated carbocycles. The second-order valence-electron chi connectivity index (χ2n) is 8.85. The summed E-state index contributed by atoms with van der Waals surface area (Å²) in [7, 11) is 1.63. The summed E-state index contributed by atoms with van der Waals surface area (Å²) in [6.45, 7) is 2.05. The number of hydrogen-bond acceptors (Lipinski definition) is 6. The van der Waals surface area contributed by atoms with E-state index >= 15 is 0 Å². The standard InChI is InChI=1S/C28H25ClN4O3S/c1-17-6-8-18(9-7-17)23-15-24(19-10-12-22(36-2)13-11-19)33(32-23)28-31-27(35)25(37-28)16-26(34)30-21-5-3-4-20(29)14-21/h3-14,24-25H,15-16H2,1-2H3,(H,30,34)/t24-,25-/m1/s1. The maximum Gasteiger partial charge on any atom is 0.262 e. The summed E-state index contributed by atoms with van der Waals surface area (Å²) in [6.07, 6.45) is 0.654. The van der Waals surface area contributed by atoms with E-state index in [1.54, 1.807) is 31.4 Å². The lowest BCUT2D eigenvalue weighted by atomic mass is 9.98. The van der Waals surface area contributed by atoms with Crippen molar-refractivity contribution in [2.24, 2.45) is 10.1 Å². The predicted octanol–water partition coefficient (Wildman–Crippen LogP) is 5.83. The Kier molecular flexibility index (Phi) is 7.30. The maximum absolute atomic E-state index is 12.8. The number of aliphatic imine (C=N–C) groups is 1. The van der Waals surface area contributed by atoms with Gasteiger partial charge in [0.25, 0.3) is 5.91 Å². The van der Waals surface area contributed by atoms with Gasteiger partial charge in [-0.1, -0.05) is 71.4 Å². The molecule has 2 heterocycles. The summed E-state index contributed by atoms with van der Waals surface area (Å²) in [5.41, 5.74) is 4.73. The maximum atomic E-state index is 12.8.